The van der Waals surface area contributed by atoms with Gasteiger partial charge in [-0.3, -0.25) is 9.59 Å². The van der Waals surface area contributed by atoms with E-state index < -0.39 is 17.9 Å². The number of aliphatic carboxylic acids is 1. The van der Waals surface area contributed by atoms with Crippen molar-refractivity contribution in [2.24, 2.45) is 0 Å². The van der Waals surface area contributed by atoms with Crippen LogP contribution >= 0.6 is 0 Å². The molecule has 0 spiro atoms. The normalized spacial score (nSPS) is 11.2. The Morgan fingerprint density at radius 1 is 1.24 bits per heavy atom. The van der Waals surface area contributed by atoms with E-state index >= 15 is 0 Å². The van der Waals surface area contributed by atoms with Gasteiger partial charge in [0, 0.05) is 5.56 Å². The van der Waals surface area contributed by atoms with E-state index in [4.69, 9.17) is 5.11 Å². The van der Waals surface area contributed by atoms with Gasteiger partial charge in [-0.15, -0.1) is 6.58 Å². The van der Waals surface area contributed by atoms with Crippen LogP contribution in [0.4, 0.5) is 0 Å². The van der Waals surface area contributed by atoms with Crippen LogP contribution < -0.4 is 10.6 Å². The maximum Gasteiger partial charge on any atom is 0.326 e. The van der Waals surface area contributed by atoms with Gasteiger partial charge in [-0.2, -0.15) is 0 Å². The molecular weight excluding hydrogens is 272 g/mol. The number of nitrogens with one attached hydrogen (secondary N) is 2. The van der Waals surface area contributed by atoms with Gasteiger partial charge in [-0.1, -0.05) is 24.3 Å². The molecule has 0 saturated heterocycles. The van der Waals surface area contributed by atoms with Crippen LogP contribution in [-0.2, 0) is 9.59 Å². The summed E-state index contributed by atoms with van der Waals surface area (Å²) < 4.78 is 0. The Kier molecular flexibility index (Phi) is 6.67. The standard InChI is InChI=1S/C15H18N2O4/c1-2-3-9-12(15(20)21)17-13(18)10-16-14(19)11-7-5-4-6-8-11/h2,4-8,12H,1,3,9-10H2,(H,16,19)(H,17,18)(H,20,21). The predicted octanol–water partition coefficient (Wildman–Crippen LogP) is 0.952. The van der Waals surface area contributed by atoms with E-state index in [1.165, 1.54) is 0 Å². The molecule has 21 heavy (non-hydrogen) atoms. The van der Waals surface area contributed by atoms with Crippen LogP contribution in [0.1, 0.15) is 23.2 Å². The molecule has 3 N–H and O–H groups in total. The second kappa shape index (κ2) is 8.52. The van der Waals surface area contributed by atoms with Crippen molar-refractivity contribution in [1.82, 2.24) is 10.6 Å². The molecule has 0 aromatic heterocycles. The average Bonchev–Trinajstić information content (AvgIpc) is 2.49. The largest absolute Gasteiger partial charge is 0.480 e. The molecule has 0 heterocycles. The number of rotatable bonds is 8. The summed E-state index contributed by atoms with van der Waals surface area (Å²) in [5, 5.41) is 13.8. The minimum atomic E-state index is -1.11. The van der Waals surface area contributed by atoms with Crippen LogP contribution in [0.25, 0.3) is 0 Å². The van der Waals surface area contributed by atoms with Gasteiger partial charge in [0.25, 0.3) is 5.91 Å². The van der Waals surface area contributed by atoms with Crippen LogP contribution in [0, 0.1) is 0 Å². The third-order valence-corrected chi connectivity index (χ3v) is 2.74. The molecule has 1 unspecified atom stereocenters. The minimum absolute atomic E-state index is 0.261. The zero-order chi connectivity index (χ0) is 15.7. The van der Waals surface area contributed by atoms with Crippen molar-refractivity contribution in [1.29, 1.82) is 0 Å². The summed E-state index contributed by atoms with van der Waals surface area (Å²) in [4.78, 5) is 34.3. The van der Waals surface area contributed by atoms with E-state index in [0.29, 0.717) is 12.0 Å². The molecule has 0 radical (unpaired) electrons. The van der Waals surface area contributed by atoms with Gasteiger partial charge in [-0.25, -0.2) is 4.79 Å². The fourth-order valence-electron chi connectivity index (χ4n) is 1.64. The Hall–Kier alpha value is -2.63. The number of carboxylic acids is 1. The number of carbonyl (C=O) groups excluding carboxylic acids is 2. The minimum Gasteiger partial charge on any atom is -0.480 e. The second-order valence-corrected chi connectivity index (χ2v) is 4.37. The lowest BCUT2D eigenvalue weighted by Crippen LogP contribution is -2.45. The molecule has 1 rings (SSSR count). The van der Waals surface area contributed by atoms with Gasteiger partial charge in [0.2, 0.25) is 5.91 Å². The maximum absolute atomic E-state index is 11.7. The van der Waals surface area contributed by atoms with Crippen LogP contribution in [-0.4, -0.2) is 35.5 Å². The van der Waals surface area contributed by atoms with Crippen LogP contribution in [0.5, 0.6) is 0 Å². The van der Waals surface area contributed by atoms with Crippen LogP contribution in [0.3, 0.4) is 0 Å². The number of amides is 2. The smallest absolute Gasteiger partial charge is 0.326 e. The van der Waals surface area contributed by atoms with Crippen molar-refractivity contribution in [2.45, 2.75) is 18.9 Å². The lowest BCUT2D eigenvalue weighted by molar-refractivity contribution is -0.141. The van der Waals surface area contributed by atoms with E-state index in [1.54, 1.807) is 36.4 Å². The van der Waals surface area contributed by atoms with Crippen LogP contribution in [0.2, 0.25) is 0 Å². The molecule has 6 heteroatoms. The monoisotopic (exact) mass is 290 g/mol. The summed E-state index contributed by atoms with van der Waals surface area (Å²) in [7, 11) is 0. The summed E-state index contributed by atoms with van der Waals surface area (Å²) in [6.45, 7) is 3.23. The Morgan fingerprint density at radius 3 is 2.48 bits per heavy atom. The first kappa shape index (κ1) is 16.4. The Labute approximate surface area is 122 Å². The lowest BCUT2D eigenvalue weighted by atomic mass is 10.1. The fraction of sp³-hybridized carbons (Fsp3) is 0.267. The molecule has 1 atom stereocenters. The SMILES string of the molecule is C=CCCC(NC(=O)CNC(=O)c1ccccc1)C(=O)O. The first-order valence-corrected chi connectivity index (χ1v) is 6.51. The fourth-order valence-corrected chi connectivity index (χ4v) is 1.64. The second-order valence-electron chi connectivity index (χ2n) is 4.37. The summed E-state index contributed by atoms with van der Waals surface area (Å²) in [5.41, 5.74) is 0.437. The Bertz CT molecular complexity index is 514. The molecule has 0 aliphatic heterocycles. The van der Waals surface area contributed by atoms with Crippen molar-refractivity contribution in [3.63, 3.8) is 0 Å². The quantitative estimate of drug-likeness (QED) is 0.621. The molecule has 0 aliphatic rings. The number of hydrogen-bond acceptors (Lipinski definition) is 3. The van der Waals surface area contributed by atoms with E-state index in [0.717, 1.165) is 0 Å². The predicted molar refractivity (Wildman–Crippen MR) is 77.8 cm³/mol. The van der Waals surface area contributed by atoms with Crippen molar-refractivity contribution >= 4 is 17.8 Å². The highest BCUT2D eigenvalue weighted by Crippen LogP contribution is 1.99. The number of allylic oxidation sites excluding steroid dienone is 1. The van der Waals surface area contributed by atoms with Gasteiger partial charge in [0.15, 0.2) is 0 Å². The van der Waals surface area contributed by atoms with Gasteiger partial charge in [0.1, 0.15) is 6.04 Å². The highest BCUT2D eigenvalue weighted by atomic mass is 16.4. The van der Waals surface area contributed by atoms with E-state index in [9.17, 15) is 14.4 Å². The molecule has 0 bridgehead atoms. The first-order chi connectivity index (χ1) is 10.0. The Balaban J connectivity index is 2.44. The molecular formula is C15H18N2O4. The highest BCUT2D eigenvalue weighted by molar-refractivity contribution is 5.96. The number of carboxylic acid groups (broad SMARTS) is 1. The van der Waals surface area contributed by atoms with Crippen molar-refractivity contribution in [3.8, 4) is 0 Å². The zero-order valence-electron chi connectivity index (χ0n) is 11.5. The first-order valence-electron chi connectivity index (χ1n) is 6.51. The summed E-state index contributed by atoms with van der Waals surface area (Å²) >= 11 is 0. The lowest BCUT2D eigenvalue weighted by Gasteiger charge is -2.13. The molecule has 112 valence electrons. The molecule has 0 aliphatic carbocycles. The highest BCUT2D eigenvalue weighted by Gasteiger charge is 2.19. The molecule has 1 aromatic carbocycles. The molecule has 6 nitrogen and oxygen atoms in total. The molecule has 0 saturated carbocycles. The summed E-state index contributed by atoms with van der Waals surface area (Å²) in [5.74, 6) is -2.04. The van der Waals surface area contributed by atoms with E-state index in [2.05, 4.69) is 17.2 Å². The van der Waals surface area contributed by atoms with Gasteiger partial charge in [-0.05, 0) is 25.0 Å². The van der Waals surface area contributed by atoms with Crippen molar-refractivity contribution in [3.05, 3.63) is 48.6 Å². The average molecular weight is 290 g/mol. The Morgan fingerprint density at radius 2 is 1.90 bits per heavy atom. The maximum atomic E-state index is 11.7. The topological polar surface area (TPSA) is 95.5 Å². The van der Waals surface area contributed by atoms with Crippen molar-refractivity contribution < 1.29 is 19.5 Å². The van der Waals surface area contributed by atoms with Gasteiger partial charge >= 0.3 is 5.97 Å². The molecule has 1 aromatic rings. The summed E-state index contributed by atoms with van der Waals surface area (Å²) in [6.07, 6.45) is 2.32. The van der Waals surface area contributed by atoms with Gasteiger partial charge in [0.05, 0.1) is 6.54 Å². The number of hydrogen-bond donors (Lipinski definition) is 3. The van der Waals surface area contributed by atoms with E-state index in [1.807, 2.05) is 0 Å². The summed E-state index contributed by atoms with van der Waals surface area (Å²) in [6, 6.07) is 7.47. The third kappa shape index (κ3) is 5.90. The number of benzene rings is 1. The number of carbonyl (C=O) groups is 3. The van der Waals surface area contributed by atoms with Crippen LogP contribution in [0.15, 0.2) is 43.0 Å². The van der Waals surface area contributed by atoms with E-state index in [-0.39, 0.29) is 18.9 Å². The van der Waals surface area contributed by atoms with Crippen molar-refractivity contribution in [2.75, 3.05) is 6.54 Å². The molecule has 2 amide bonds. The molecule has 0 fully saturated rings. The zero-order valence-corrected chi connectivity index (χ0v) is 11.5. The van der Waals surface area contributed by atoms with Gasteiger partial charge < -0.3 is 15.7 Å². The third-order valence-electron chi connectivity index (χ3n) is 2.74.